The van der Waals surface area contributed by atoms with Crippen molar-refractivity contribution in [3.63, 3.8) is 0 Å². The number of rotatable bonds is 8. The van der Waals surface area contributed by atoms with Gasteiger partial charge in [0.2, 0.25) is 5.91 Å². The van der Waals surface area contributed by atoms with Crippen LogP contribution in [0.25, 0.3) is 10.9 Å². The van der Waals surface area contributed by atoms with Gasteiger partial charge in [0.15, 0.2) is 9.84 Å². The Bertz CT molecular complexity index is 1440. The molecule has 36 heavy (non-hydrogen) atoms. The molecule has 0 spiro atoms. The number of amides is 1. The van der Waals surface area contributed by atoms with E-state index in [9.17, 15) is 13.2 Å². The van der Waals surface area contributed by atoms with Gasteiger partial charge in [-0.2, -0.15) is 0 Å². The van der Waals surface area contributed by atoms with Crippen molar-refractivity contribution in [1.82, 2.24) is 10.3 Å². The highest BCUT2D eigenvalue weighted by molar-refractivity contribution is 7.91. The number of fused-ring (bicyclic) bond motifs is 1. The monoisotopic (exact) mass is 508 g/mol. The first kappa shape index (κ1) is 26.9. The number of ether oxygens (including phenoxy) is 1. The number of hydrogen-bond acceptors (Lipinski definition) is 7. The molecule has 0 aliphatic rings. The molecule has 1 heterocycles. The first-order valence-electron chi connectivity index (χ1n) is 11.6. The van der Waals surface area contributed by atoms with Gasteiger partial charge >= 0.3 is 0 Å². The number of benzene rings is 2. The smallest absolute Gasteiger partial charge is 0.228 e. The zero-order valence-electron chi connectivity index (χ0n) is 21.2. The summed E-state index contributed by atoms with van der Waals surface area (Å²) in [4.78, 5) is 21.4. The Morgan fingerprint density at radius 2 is 1.89 bits per heavy atom. The minimum absolute atomic E-state index is 0.00899. The number of hydrogen-bond donors (Lipinski definition) is 2. The number of nitrogens with zero attached hydrogens (tertiary/aromatic N) is 2. The maximum absolute atomic E-state index is 12.5. The number of nitrogens with one attached hydrogen (secondary N) is 1. The normalized spacial score (nSPS) is 12.8. The lowest BCUT2D eigenvalue weighted by Gasteiger charge is -2.13. The van der Waals surface area contributed by atoms with E-state index in [1.54, 1.807) is 49.7 Å². The van der Waals surface area contributed by atoms with Crippen LogP contribution in [0.15, 0.2) is 70.4 Å². The molecule has 0 radical (unpaired) electrons. The summed E-state index contributed by atoms with van der Waals surface area (Å²) >= 11 is 0. The van der Waals surface area contributed by atoms with Crippen LogP contribution in [-0.4, -0.2) is 36.8 Å². The zero-order valence-corrected chi connectivity index (χ0v) is 22.0. The molecule has 8 nitrogen and oxygen atoms in total. The van der Waals surface area contributed by atoms with Gasteiger partial charge in [-0.3, -0.25) is 14.8 Å². The summed E-state index contributed by atoms with van der Waals surface area (Å²) in [5, 5.41) is 3.37. The van der Waals surface area contributed by atoms with E-state index in [-0.39, 0.29) is 28.5 Å². The van der Waals surface area contributed by atoms with Crippen molar-refractivity contribution in [1.29, 1.82) is 0 Å². The lowest BCUT2D eigenvalue weighted by atomic mass is 10.1. The minimum Gasteiger partial charge on any atom is -0.456 e. The third-order valence-corrected chi connectivity index (χ3v) is 7.02. The largest absolute Gasteiger partial charge is 0.456 e. The Morgan fingerprint density at radius 3 is 2.53 bits per heavy atom. The highest BCUT2D eigenvalue weighted by Gasteiger charge is 2.15. The van der Waals surface area contributed by atoms with Gasteiger partial charge < -0.3 is 15.8 Å². The maximum Gasteiger partial charge on any atom is 0.228 e. The standard InChI is InChI=1S/C27H32N4O4S/c1-6-36(33,34)21-8-9-23-22(15-21)25(11-12-29-23)35-24-10-7-19(13-18(24)2)14-26(32)31-20(16-28)17-30-27(3,4)5/h7-13,15-17H,6,14,28H2,1-5H3,(H,31,32)/b20-16+,30-17?. The second-order valence-electron chi connectivity index (χ2n) is 9.37. The number of aliphatic imine (C=N–C) groups is 1. The molecule has 0 fully saturated rings. The third-order valence-electron chi connectivity index (χ3n) is 5.29. The molecule has 3 aromatic rings. The van der Waals surface area contributed by atoms with Crippen LogP contribution >= 0.6 is 0 Å². The highest BCUT2D eigenvalue weighted by atomic mass is 32.2. The predicted octanol–water partition coefficient (Wildman–Crippen LogP) is 4.46. The van der Waals surface area contributed by atoms with E-state index in [0.29, 0.717) is 28.1 Å². The molecule has 0 bridgehead atoms. The van der Waals surface area contributed by atoms with E-state index < -0.39 is 9.84 Å². The quantitative estimate of drug-likeness (QED) is 0.433. The fourth-order valence-electron chi connectivity index (χ4n) is 3.37. The molecule has 3 N–H and O–H groups in total. The number of carbonyl (C=O) groups excluding carboxylic acids is 1. The summed E-state index contributed by atoms with van der Waals surface area (Å²) in [5.41, 5.74) is 8.03. The van der Waals surface area contributed by atoms with Crippen molar-refractivity contribution in [3.8, 4) is 11.5 Å². The fourth-order valence-corrected chi connectivity index (χ4v) is 4.28. The van der Waals surface area contributed by atoms with Crippen LogP contribution in [-0.2, 0) is 21.1 Å². The van der Waals surface area contributed by atoms with Gasteiger partial charge in [-0.05, 0) is 69.2 Å². The summed E-state index contributed by atoms with van der Waals surface area (Å²) in [6, 6.07) is 12.0. The van der Waals surface area contributed by atoms with E-state index >= 15 is 0 Å². The van der Waals surface area contributed by atoms with Crippen LogP contribution in [0.2, 0.25) is 0 Å². The molecule has 1 aromatic heterocycles. The average molecular weight is 509 g/mol. The number of pyridine rings is 1. The Balaban J connectivity index is 1.78. The third kappa shape index (κ3) is 6.91. The van der Waals surface area contributed by atoms with Gasteiger partial charge in [0, 0.05) is 24.0 Å². The lowest BCUT2D eigenvalue weighted by molar-refractivity contribution is -0.119. The maximum atomic E-state index is 12.5. The van der Waals surface area contributed by atoms with E-state index in [4.69, 9.17) is 10.5 Å². The van der Waals surface area contributed by atoms with Crippen LogP contribution in [0.3, 0.4) is 0 Å². The summed E-state index contributed by atoms with van der Waals surface area (Å²) in [5.74, 6) is 0.882. The SMILES string of the molecule is CCS(=O)(=O)c1ccc2nccc(Oc3ccc(CC(=O)N/C(C=NC(C)(C)C)=C/N)cc3C)c2c1. The van der Waals surface area contributed by atoms with Gasteiger partial charge in [0.1, 0.15) is 11.5 Å². The highest BCUT2D eigenvalue weighted by Crippen LogP contribution is 2.32. The number of sulfone groups is 1. The average Bonchev–Trinajstić information content (AvgIpc) is 2.82. The number of aromatic nitrogens is 1. The first-order valence-corrected chi connectivity index (χ1v) is 13.2. The van der Waals surface area contributed by atoms with E-state index in [2.05, 4.69) is 15.3 Å². The van der Waals surface area contributed by atoms with E-state index in [1.807, 2.05) is 39.8 Å². The zero-order chi connectivity index (χ0) is 26.5. The second kappa shape index (κ2) is 10.9. The lowest BCUT2D eigenvalue weighted by Crippen LogP contribution is -2.26. The number of aryl methyl sites for hydroxylation is 1. The van der Waals surface area contributed by atoms with Crippen molar-refractivity contribution in [2.24, 2.45) is 10.7 Å². The van der Waals surface area contributed by atoms with Crippen molar-refractivity contribution >= 4 is 32.9 Å². The molecular formula is C27H32N4O4S. The van der Waals surface area contributed by atoms with Crippen LogP contribution in [0.4, 0.5) is 0 Å². The van der Waals surface area contributed by atoms with Gasteiger partial charge in [-0.25, -0.2) is 8.42 Å². The summed E-state index contributed by atoms with van der Waals surface area (Å²) in [6.45, 7) is 9.35. The van der Waals surface area contributed by atoms with Gasteiger partial charge in [0.05, 0.1) is 33.8 Å². The Kier molecular flexibility index (Phi) is 8.14. The molecule has 0 atom stereocenters. The molecule has 0 saturated carbocycles. The summed E-state index contributed by atoms with van der Waals surface area (Å²) < 4.78 is 30.8. The van der Waals surface area contributed by atoms with E-state index in [0.717, 1.165) is 11.1 Å². The molecule has 9 heteroatoms. The van der Waals surface area contributed by atoms with Crippen LogP contribution in [0.1, 0.15) is 38.8 Å². The molecule has 2 aromatic carbocycles. The minimum atomic E-state index is -3.37. The van der Waals surface area contributed by atoms with Gasteiger partial charge in [-0.1, -0.05) is 19.1 Å². The molecule has 3 rings (SSSR count). The number of carbonyl (C=O) groups is 1. The summed E-state index contributed by atoms with van der Waals surface area (Å²) in [6.07, 6.45) is 4.63. The van der Waals surface area contributed by atoms with Crippen molar-refractivity contribution < 1.29 is 17.9 Å². The Labute approximate surface area is 212 Å². The Morgan fingerprint density at radius 1 is 1.14 bits per heavy atom. The molecule has 190 valence electrons. The first-order chi connectivity index (χ1) is 16.9. The van der Waals surface area contributed by atoms with E-state index in [1.165, 1.54) is 6.20 Å². The van der Waals surface area contributed by atoms with Crippen LogP contribution < -0.4 is 15.8 Å². The molecule has 1 amide bonds. The van der Waals surface area contributed by atoms with Crippen LogP contribution in [0, 0.1) is 6.92 Å². The van der Waals surface area contributed by atoms with Gasteiger partial charge in [0.25, 0.3) is 0 Å². The fraction of sp³-hybridized carbons (Fsp3) is 0.296. The number of nitrogens with two attached hydrogens (primary N) is 1. The number of allylic oxidation sites excluding steroid dienone is 1. The molecule has 0 aliphatic carbocycles. The Hall–Kier alpha value is -3.72. The van der Waals surface area contributed by atoms with Gasteiger partial charge in [-0.15, -0.1) is 0 Å². The second-order valence-corrected chi connectivity index (χ2v) is 11.6. The van der Waals surface area contributed by atoms with Crippen molar-refractivity contribution in [3.05, 3.63) is 71.7 Å². The predicted molar refractivity (Wildman–Crippen MR) is 143 cm³/mol. The molecular weight excluding hydrogens is 476 g/mol. The molecule has 0 unspecified atom stereocenters. The van der Waals surface area contributed by atoms with Crippen molar-refractivity contribution in [2.75, 3.05) is 5.75 Å². The summed E-state index contributed by atoms with van der Waals surface area (Å²) in [7, 11) is -3.37. The van der Waals surface area contributed by atoms with Crippen molar-refractivity contribution in [2.45, 2.75) is 51.5 Å². The topological polar surface area (TPSA) is 124 Å². The molecule has 0 aliphatic heterocycles. The molecule has 0 saturated heterocycles. The van der Waals surface area contributed by atoms with Crippen LogP contribution in [0.5, 0.6) is 11.5 Å².